The number of likely N-dealkylation sites (N-methyl/N-ethyl adjacent to an activating group) is 1. The van der Waals surface area contributed by atoms with Gasteiger partial charge in [-0.2, -0.15) is 0 Å². The Morgan fingerprint density at radius 1 is 1.40 bits per heavy atom. The monoisotopic (exact) mass is 297 g/mol. The molecule has 1 aliphatic rings. The maximum Gasteiger partial charge on any atom is 0.150 e. The highest BCUT2D eigenvalue weighted by molar-refractivity contribution is 7.91. The Hall–Kier alpha value is -1.07. The Kier molecular flexibility index (Phi) is 5.05. The summed E-state index contributed by atoms with van der Waals surface area (Å²) in [5.41, 5.74) is 1.13. The minimum absolute atomic E-state index is 0.188. The van der Waals surface area contributed by atoms with Gasteiger partial charge in [-0.05, 0) is 36.9 Å². The number of methoxy groups -OCH3 is 1. The number of nitrogens with one attached hydrogen (secondary N) is 1. The number of hydrogen-bond acceptors (Lipinski definition) is 4. The second kappa shape index (κ2) is 6.59. The third-order valence-electron chi connectivity index (χ3n) is 3.94. The van der Waals surface area contributed by atoms with Gasteiger partial charge < -0.3 is 10.1 Å². The molecule has 4 nitrogen and oxygen atoms in total. The fourth-order valence-electron chi connectivity index (χ4n) is 2.92. The van der Waals surface area contributed by atoms with Crippen molar-refractivity contribution in [2.45, 2.75) is 25.8 Å². The van der Waals surface area contributed by atoms with Crippen LogP contribution >= 0.6 is 0 Å². The van der Waals surface area contributed by atoms with Crippen molar-refractivity contribution in [3.8, 4) is 5.75 Å². The van der Waals surface area contributed by atoms with Crippen molar-refractivity contribution >= 4 is 9.84 Å². The number of ether oxygens (including phenoxy) is 1. The lowest BCUT2D eigenvalue weighted by Crippen LogP contribution is -2.38. The number of para-hydroxylation sites is 1. The molecule has 0 radical (unpaired) electrons. The molecule has 0 bridgehead atoms. The summed E-state index contributed by atoms with van der Waals surface area (Å²) in [4.78, 5) is 0. The Labute approximate surface area is 121 Å². The van der Waals surface area contributed by atoms with E-state index in [2.05, 4.69) is 12.2 Å². The lowest BCUT2D eigenvalue weighted by atomic mass is 9.92. The Morgan fingerprint density at radius 2 is 2.15 bits per heavy atom. The van der Waals surface area contributed by atoms with Crippen LogP contribution < -0.4 is 10.1 Å². The molecule has 2 rings (SSSR count). The van der Waals surface area contributed by atoms with Gasteiger partial charge in [0.05, 0.1) is 18.6 Å². The zero-order chi connectivity index (χ0) is 14.6. The number of hydrogen-bond donors (Lipinski definition) is 1. The van der Waals surface area contributed by atoms with E-state index in [1.165, 1.54) is 0 Å². The summed E-state index contributed by atoms with van der Waals surface area (Å²) < 4.78 is 28.7. The normalized spacial score (nSPS) is 22.6. The van der Waals surface area contributed by atoms with Gasteiger partial charge in [0.2, 0.25) is 0 Å². The Morgan fingerprint density at radius 3 is 2.75 bits per heavy atom. The zero-order valence-corrected chi connectivity index (χ0v) is 12.9. The van der Waals surface area contributed by atoms with Gasteiger partial charge in [-0.3, -0.25) is 0 Å². The first-order valence-electron chi connectivity index (χ1n) is 7.11. The molecule has 2 unspecified atom stereocenters. The van der Waals surface area contributed by atoms with E-state index in [1.54, 1.807) is 7.11 Å². The molecule has 5 heteroatoms. The molecular formula is C15H23NO3S. The quantitative estimate of drug-likeness (QED) is 0.867. The fraction of sp³-hybridized carbons (Fsp3) is 0.600. The summed E-state index contributed by atoms with van der Waals surface area (Å²) in [5, 5.41) is 3.44. The van der Waals surface area contributed by atoms with Crippen LogP contribution in [0.1, 0.15) is 18.9 Å². The second-order valence-electron chi connectivity index (χ2n) is 5.34. The first-order valence-corrected chi connectivity index (χ1v) is 8.93. The van der Waals surface area contributed by atoms with E-state index in [-0.39, 0.29) is 12.0 Å². The Balaban J connectivity index is 2.13. The lowest BCUT2D eigenvalue weighted by molar-refractivity contribution is 0.371. The third-order valence-corrected chi connectivity index (χ3v) is 5.73. The maximum absolute atomic E-state index is 11.7. The molecule has 1 N–H and O–H groups in total. The number of sulfone groups is 1. The molecular weight excluding hydrogens is 274 g/mol. The predicted molar refractivity (Wildman–Crippen MR) is 80.9 cm³/mol. The van der Waals surface area contributed by atoms with E-state index >= 15 is 0 Å². The number of rotatable bonds is 6. The van der Waals surface area contributed by atoms with Gasteiger partial charge in [0.25, 0.3) is 0 Å². The molecule has 1 aliphatic heterocycles. The summed E-state index contributed by atoms with van der Waals surface area (Å²) in [6, 6.07) is 8.13. The van der Waals surface area contributed by atoms with Crippen LogP contribution in [-0.2, 0) is 16.3 Å². The van der Waals surface area contributed by atoms with Crippen molar-refractivity contribution < 1.29 is 13.2 Å². The van der Waals surface area contributed by atoms with E-state index < -0.39 is 9.84 Å². The minimum atomic E-state index is -2.84. The number of benzene rings is 1. The fourth-order valence-corrected chi connectivity index (χ4v) is 4.80. The molecule has 1 saturated heterocycles. The topological polar surface area (TPSA) is 55.4 Å². The van der Waals surface area contributed by atoms with E-state index in [4.69, 9.17) is 4.74 Å². The van der Waals surface area contributed by atoms with Crippen LogP contribution in [0.5, 0.6) is 5.75 Å². The van der Waals surface area contributed by atoms with Gasteiger partial charge in [0.1, 0.15) is 5.75 Å². The van der Waals surface area contributed by atoms with Gasteiger partial charge in [0.15, 0.2) is 9.84 Å². The Bertz CT molecular complexity index is 542. The summed E-state index contributed by atoms with van der Waals surface area (Å²) in [6.07, 6.45) is 1.56. The molecule has 0 saturated carbocycles. The maximum atomic E-state index is 11.7. The predicted octanol–water partition coefficient (Wildman–Crippen LogP) is 1.65. The van der Waals surface area contributed by atoms with Crippen LogP contribution in [-0.4, -0.2) is 39.6 Å². The van der Waals surface area contributed by atoms with Crippen molar-refractivity contribution in [1.29, 1.82) is 0 Å². The summed E-state index contributed by atoms with van der Waals surface area (Å²) in [5.74, 6) is 1.70. The van der Waals surface area contributed by atoms with E-state index in [0.717, 1.165) is 30.7 Å². The van der Waals surface area contributed by atoms with Gasteiger partial charge in [-0.1, -0.05) is 25.1 Å². The molecule has 20 heavy (non-hydrogen) atoms. The van der Waals surface area contributed by atoms with Crippen molar-refractivity contribution in [3.05, 3.63) is 29.8 Å². The highest BCUT2D eigenvalue weighted by Gasteiger charge is 2.33. The smallest absolute Gasteiger partial charge is 0.150 e. The van der Waals surface area contributed by atoms with Gasteiger partial charge in [-0.15, -0.1) is 0 Å². The average molecular weight is 297 g/mol. The lowest BCUT2D eigenvalue weighted by Gasteiger charge is -2.24. The molecule has 0 aliphatic carbocycles. The van der Waals surface area contributed by atoms with E-state index in [0.29, 0.717) is 11.5 Å². The van der Waals surface area contributed by atoms with Crippen LogP contribution in [0.2, 0.25) is 0 Å². The average Bonchev–Trinajstić information content (AvgIpc) is 2.79. The highest BCUT2D eigenvalue weighted by Crippen LogP contribution is 2.26. The van der Waals surface area contributed by atoms with Crippen molar-refractivity contribution in [1.82, 2.24) is 5.32 Å². The van der Waals surface area contributed by atoms with Crippen LogP contribution in [0.4, 0.5) is 0 Å². The minimum Gasteiger partial charge on any atom is -0.496 e. The zero-order valence-electron chi connectivity index (χ0n) is 12.1. The first-order chi connectivity index (χ1) is 9.55. The van der Waals surface area contributed by atoms with Gasteiger partial charge in [0, 0.05) is 6.04 Å². The van der Waals surface area contributed by atoms with Gasteiger partial charge in [-0.25, -0.2) is 8.42 Å². The molecule has 112 valence electrons. The van der Waals surface area contributed by atoms with Crippen molar-refractivity contribution in [3.63, 3.8) is 0 Å². The molecule has 0 aromatic heterocycles. The standard InChI is InChI=1S/C15H23NO3S/c1-3-16-14(13-8-9-20(17,18)11-13)10-12-6-4-5-7-15(12)19-2/h4-7,13-14,16H,3,8-11H2,1-2H3. The van der Waals surface area contributed by atoms with Crippen LogP contribution in [0.15, 0.2) is 24.3 Å². The second-order valence-corrected chi connectivity index (χ2v) is 7.57. The van der Waals surface area contributed by atoms with E-state index in [9.17, 15) is 8.42 Å². The van der Waals surface area contributed by atoms with E-state index in [1.807, 2.05) is 24.3 Å². The summed E-state index contributed by atoms with van der Waals surface area (Å²) in [6.45, 7) is 2.90. The molecule has 1 aromatic carbocycles. The largest absolute Gasteiger partial charge is 0.496 e. The third kappa shape index (κ3) is 3.73. The van der Waals surface area contributed by atoms with Crippen molar-refractivity contribution in [2.75, 3.05) is 25.2 Å². The summed E-state index contributed by atoms with van der Waals surface area (Å²) in [7, 11) is -1.17. The summed E-state index contributed by atoms with van der Waals surface area (Å²) >= 11 is 0. The van der Waals surface area contributed by atoms with Crippen LogP contribution in [0, 0.1) is 5.92 Å². The molecule has 1 aromatic rings. The molecule has 1 heterocycles. The molecule has 0 spiro atoms. The highest BCUT2D eigenvalue weighted by atomic mass is 32.2. The SMILES string of the molecule is CCNC(Cc1ccccc1OC)C1CCS(=O)(=O)C1. The molecule has 1 fully saturated rings. The van der Waals surface area contributed by atoms with Crippen LogP contribution in [0.25, 0.3) is 0 Å². The molecule has 2 atom stereocenters. The van der Waals surface area contributed by atoms with Crippen LogP contribution in [0.3, 0.4) is 0 Å². The first kappa shape index (κ1) is 15.3. The van der Waals surface area contributed by atoms with Crippen molar-refractivity contribution in [2.24, 2.45) is 5.92 Å². The van der Waals surface area contributed by atoms with Gasteiger partial charge >= 0.3 is 0 Å². The molecule has 0 amide bonds.